The molecule has 0 aliphatic carbocycles. The quantitative estimate of drug-likeness (QED) is 0.189. The first kappa shape index (κ1) is 26.7. The molecule has 216 valence electrons. The molecule has 0 aliphatic heterocycles. The summed E-state index contributed by atoms with van der Waals surface area (Å²) in [6, 6.07) is 64.0. The molecule has 0 aliphatic rings. The molecule has 0 amide bonds. The van der Waals surface area contributed by atoms with Crippen LogP contribution in [0.3, 0.4) is 0 Å². The second-order valence-electron chi connectivity index (χ2n) is 11.8. The van der Waals surface area contributed by atoms with Gasteiger partial charge in [-0.05, 0) is 98.4 Å². The van der Waals surface area contributed by atoms with Crippen LogP contribution in [-0.4, -0.2) is 0 Å². The molecule has 0 radical (unpaired) electrons. The molecule has 0 N–H and O–H groups in total. The molecule has 1 heterocycles. The molecular formula is C44H29NS. The van der Waals surface area contributed by atoms with Crippen molar-refractivity contribution < 1.29 is 0 Å². The van der Waals surface area contributed by atoms with Gasteiger partial charge in [0.25, 0.3) is 0 Å². The van der Waals surface area contributed by atoms with Gasteiger partial charge in [0.1, 0.15) is 0 Å². The van der Waals surface area contributed by atoms with Gasteiger partial charge < -0.3 is 4.90 Å². The van der Waals surface area contributed by atoms with Gasteiger partial charge in [0, 0.05) is 37.2 Å². The lowest BCUT2D eigenvalue weighted by Crippen LogP contribution is -2.10. The fourth-order valence-corrected chi connectivity index (χ4v) is 7.90. The fourth-order valence-electron chi connectivity index (χ4n) is 6.76. The molecule has 0 unspecified atom stereocenters. The second kappa shape index (κ2) is 11.0. The minimum atomic E-state index is 1.12. The molecule has 1 nitrogen and oxygen atoms in total. The van der Waals surface area contributed by atoms with Crippen molar-refractivity contribution in [3.63, 3.8) is 0 Å². The van der Waals surface area contributed by atoms with Gasteiger partial charge >= 0.3 is 0 Å². The van der Waals surface area contributed by atoms with Crippen molar-refractivity contribution in [3.05, 3.63) is 176 Å². The van der Waals surface area contributed by atoms with E-state index >= 15 is 0 Å². The van der Waals surface area contributed by atoms with E-state index in [1.54, 1.807) is 0 Å². The predicted molar refractivity (Wildman–Crippen MR) is 200 cm³/mol. The number of benzene rings is 8. The Morgan fingerprint density at radius 1 is 0.326 bits per heavy atom. The Hall–Kier alpha value is -5.70. The van der Waals surface area contributed by atoms with E-state index in [1.165, 1.54) is 64.0 Å². The number of nitrogens with zero attached hydrogens (tertiary/aromatic N) is 1. The van der Waals surface area contributed by atoms with Crippen LogP contribution in [0.2, 0.25) is 0 Å². The minimum absolute atomic E-state index is 1.12. The van der Waals surface area contributed by atoms with Crippen LogP contribution < -0.4 is 4.90 Å². The molecule has 9 aromatic rings. The summed E-state index contributed by atoms with van der Waals surface area (Å²) < 4.78 is 2.66. The predicted octanol–water partition coefficient (Wildman–Crippen LogP) is 13.2. The van der Waals surface area contributed by atoms with Crippen LogP contribution in [0.5, 0.6) is 0 Å². The molecule has 0 bridgehead atoms. The van der Waals surface area contributed by atoms with E-state index in [2.05, 4.69) is 181 Å². The maximum atomic E-state index is 2.38. The first-order valence-corrected chi connectivity index (χ1v) is 16.5. The molecular weight excluding hydrogens is 575 g/mol. The third-order valence-electron chi connectivity index (χ3n) is 9.02. The molecule has 0 saturated heterocycles. The van der Waals surface area contributed by atoms with Crippen LogP contribution in [0, 0.1) is 0 Å². The Labute approximate surface area is 272 Å². The van der Waals surface area contributed by atoms with E-state index < -0.39 is 0 Å². The van der Waals surface area contributed by atoms with Crippen molar-refractivity contribution in [1.29, 1.82) is 0 Å². The molecule has 8 aromatic carbocycles. The Kier molecular flexibility index (Phi) is 6.40. The van der Waals surface area contributed by atoms with E-state index in [4.69, 9.17) is 0 Å². The molecule has 0 atom stereocenters. The SMILES string of the molecule is c1ccc(-c2cccc(N(c3ccc(-c4cccc5ccccc45)cc3)c3ccc4cc5sc6ccccc6c5cc4c3)c2)cc1. The standard InChI is InChI=1S/C44H29NS/c1-2-10-30(11-3-1)33-14-8-15-37(26-33)45(36-23-20-32(21-24-36)40-18-9-13-31-12-4-5-16-39(31)40)38-25-22-34-29-44-42(28-35(34)27-38)41-17-6-7-19-43(41)46-44/h1-29H. The largest absolute Gasteiger partial charge is 0.310 e. The van der Waals surface area contributed by atoms with E-state index in [9.17, 15) is 0 Å². The Morgan fingerprint density at radius 2 is 1.02 bits per heavy atom. The van der Waals surface area contributed by atoms with Crippen molar-refractivity contribution in [2.75, 3.05) is 4.90 Å². The lowest BCUT2D eigenvalue weighted by atomic mass is 9.98. The Morgan fingerprint density at radius 3 is 1.91 bits per heavy atom. The molecule has 0 saturated carbocycles. The molecule has 0 spiro atoms. The van der Waals surface area contributed by atoms with Gasteiger partial charge in [0.15, 0.2) is 0 Å². The van der Waals surface area contributed by atoms with Crippen LogP contribution in [0.1, 0.15) is 0 Å². The highest BCUT2D eigenvalue weighted by atomic mass is 32.1. The van der Waals surface area contributed by atoms with Crippen LogP contribution in [0.15, 0.2) is 176 Å². The summed E-state index contributed by atoms with van der Waals surface area (Å²) >= 11 is 1.87. The maximum absolute atomic E-state index is 2.38. The van der Waals surface area contributed by atoms with Gasteiger partial charge in [-0.25, -0.2) is 0 Å². The third-order valence-corrected chi connectivity index (χ3v) is 10.1. The van der Waals surface area contributed by atoms with Crippen molar-refractivity contribution in [2.24, 2.45) is 0 Å². The number of rotatable bonds is 5. The van der Waals surface area contributed by atoms with Crippen molar-refractivity contribution in [3.8, 4) is 22.3 Å². The molecule has 9 rings (SSSR count). The van der Waals surface area contributed by atoms with Gasteiger partial charge in [0.2, 0.25) is 0 Å². The van der Waals surface area contributed by atoms with Gasteiger partial charge in [0.05, 0.1) is 0 Å². The van der Waals surface area contributed by atoms with Gasteiger partial charge in [-0.15, -0.1) is 11.3 Å². The number of thiophene rings is 1. The summed E-state index contributed by atoms with van der Waals surface area (Å²) in [7, 11) is 0. The molecule has 1 aromatic heterocycles. The average Bonchev–Trinajstić information content (AvgIpc) is 3.49. The highest BCUT2D eigenvalue weighted by molar-refractivity contribution is 7.25. The number of anilines is 3. The van der Waals surface area contributed by atoms with Crippen molar-refractivity contribution >= 4 is 70.1 Å². The number of hydrogen-bond acceptors (Lipinski definition) is 2. The third kappa shape index (κ3) is 4.63. The van der Waals surface area contributed by atoms with E-state index in [0.717, 1.165) is 17.1 Å². The normalized spacial score (nSPS) is 11.5. The number of fused-ring (bicyclic) bond motifs is 5. The lowest BCUT2D eigenvalue weighted by molar-refractivity contribution is 1.29. The first-order chi connectivity index (χ1) is 22.8. The highest BCUT2D eigenvalue weighted by Crippen LogP contribution is 2.41. The van der Waals surface area contributed by atoms with Gasteiger partial charge in [-0.2, -0.15) is 0 Å². The van der Waals surface area contributed by atoms with E-state index in [-0.39, 0.29) is 0 Å². The van der Waals surface area contributed by atoms with Crippen LogP contribution in [-0.2, 0) is 0 Å². The highest BCUT2D eigenvalue weighted by Gasteiger charge is 2.16. The van der Waals surface area contributed by atoms with Gasteiger partial charge in [-0.3, -0.25) is 0 Å². The topological polar surface area (TPSA) is 3.24 Å². The Bertz CT molecular complexity index is 2520. The monoisotopic (exact) mass is 603 g/mol. The average molecular weight is 604 g/mol. The van der Waals surface area contributed by atoms with Crippen LogP contribution in [0.25, 0.3) is 64.0 Å². The zero-order valence-corrected chi connectivity index (χ0v) is 25.9. The zero-order chi connectivity index (χ0) is 30.5. The lowest BCUT2D eigenvalue weighted by Gasteiger charge is -2.26. The molecule has 0 fully saturated rings. The van der Waals surface area contributed by atoms with E-state index in [1.807, 2.05) is 11.3 Å². The van der Waals surface area contributed by atoms with Crippen LogP contribution >= 0.6 is 11.3 Å². The van der Waals surface area contributed by atoms with Crippen molar-refractivity contribution in [2.45, 2.75) is 0 Å². The summed E-state index contributed by atoms with van der Waals surface area (Å²) in [5.74, 6) is 0. The number of hydrogen-bond donors (Lipinski definition) is 0. The summed E-state index contributed by atoms with van der Waals surface area (Å²) in [6.45, 7) is 0. The van der Waals surface area contributed by atoms with Crippen molar-refractivity contribution in [1.82, 2.24) is 0 Å². The van der Waals surface area contributed by atoms with Gasteiger partial charge in [-0.1, -0.05) is 121 Å². The fraction of sp³-hybridized carbons (Fsp3) is 0. The smallest absolute Gasteiger partial charge is 0.0468 e. The summed E-state index contributed by atoms with van der Waals surface area (Å²) in [5, 5.41) is 7.67. The minimum Gasteiger partial charge on any atom is -0.310 e. The molecule has 2 heteroatoms. The summed E-state index contributed by atoms with van der Waals surface area (Å²) in [4.78, 5) is 2.38. The zero-order valence-electron chi connectivity index (χ0n) is 25.1. The van der Waals surface area contributed by atoms with E-state index in [0.29, 0.717) is 0 Å². The summed E-state index contributed by atoms with van der Waals surface area (Å²) in [5.41, 5.74) is 8.25. The summed E-state index contributed by atoms with van der Waals surface area (Å²) in [6.07, 6.45) is 0. The first-order valence-electron chi connectivity index (χ1n) is 15.7. The second-order valence-corrected chi connectivity index (χ2v) is 12.9. The maximum Gasteiger partial charge on any atom is 0.0468 e. The van der Waals surface area contributed by atoms with Crippen LogP contribution in [0.4, 0.5) is 17.1 Å². The Balaban J connectivity index is 1.20. The molecule has 46 heavy (non-hydrogen) atoms.